The number of hydrogen-bond acceptors (Lipinski definition) is 2. The van der Waals surface area contributed by atoms with Gasteiger partial charge in [-0.15, -0.1) is 0 Å². The van der Waals surface area contributed by atoms with Crippen molar-refractivity contribution >= 4 is 57.0 Å². The molecule has 3 aliphatic rings. The first-order valence-electron chi connectivity index (χ1n) is 20.0. The Morgan fingerprint density at radius 1 is 0.456 bits per heavy atom. The minimum Gasteiger partial charge on any atom is -0.376 e. The lowest BCUT2D eigenvalue weighted by Gasteiger charge is -2.52. The Morgan fingerprint density at radius 2 is 1.09 bits per heavy atom. The number of rotatable bonds is 4. The van der Waals surface area contributed by atoms with E-state index in [4.69, 9.17) is 0 Å². The Morgan fingerprint density at radius 3 is 1.84 bits per heavy atom. The first kappa shape index (κ1) is 32.2. The third kappa shape index (κ3) is 4.43. The Labute approximate surface area is 334 Å². The van der Waals surface area contributed by atoms with Gasteiger partial charge in [0.1, 0.15) is 0 Å². The molecule has 9 aromatic rings. The molecular weight excluding hydrogens is 687 g/mol. The first-order valence-corrected chi connectivity index (χ1v) is 20.0. The third-order valence-corrected chi connectivity index (χ3v) is 12.7. The van der Waals surface area contributed by atoms with E-state index >= 15 is 0 Å². The van der Waals surface area contributed by atoms with Crippen molar-refractivity contribution in [3.8, 4) is 22.3 Å². The van der Waals surface area contributed by atoms with Crippen molar-refractivity contribution in [3.05, 3.63) is 234 Å². The highest BCUT2D eigenvalue weighted by molar-refractivity contribution is 6.94. The second-order valence-electron chi connectivity index (χ2n) is 15.7. The van der Waals surface area contributed by atoms with Gasteiger partial charge in [-0.1, -0.05) is 182 Å². The fourth-order valence-corrected chi connectivity index (χ4v) is 10.5. The summed E-state index contributed by atoms with van der Waals surface area (Å²) in [5.74, 6) is 0. The van der Waals surface area contributed by atoms with Crippen LogP contribution in [0.25, 0.3) is 33.0 Å². The Hall–Kier alpha value is -7.10. The average Bonchev–Trinajstić information content (AvgIpc) is 3.28. The summed E-state index contributed by atoms with van der Waals surface area (Å²) < 4.78 is 0. The van der Waals surface area contributed by atoms with Crippen molar-refractivity contribution < 1.29 is 0 Å². The zero-order valence-electron chi connectivity index (χ0n) is 31.6. The lowest BCUT2D eigenvalue weighted by atomic mass is 9.42. The van der Waals surface area contributed by atoms with Gasteiger partial charge in [0, 0.05) is 33.7 Å². The summed E-state index contributed by atoms with van der Waals surface area (Å²) in [7, 11) is 0. The van der Waals surface area contributed by atoms with Crippen LogP contribution in [0.2, 0.25) is 0 Å². The number of nitrogens with zero attached hydrogens (tertiary/aromatic N) is 2. The molecule has 0 bridgehead atoms. The van der Waals surface area contributed by atoms with Crippen molar-refractivity contribution in [3.63, 3.8) is 0 Å². The smallest absolute Gasteiger partial charge is 0.333 e. The zero-order valence-corrected chi connectivity index (χ0v) is 31.6. The van der Waals surface area contributed by atoms with E-state index in [1.165, 1.54) is 100 Å². The van der Waals surface area contributed by atoms with Crippen molar-refractivity contribution in [1.29, 1.82) is 0 Å². The number of hydrogen-bond donors (Lipinski definition) is 0. The molecule has 12 rings (SSSR count). The molecule has 3 heterocycles. The first-order chi connectivity index (χ1) is 28.2. The molecule has 0 fully saturated rings. The molecular formula is C54H37BN2. The molecule has 0 spiro atoms. The molecule has 0 saturated heterocycles. The summed E-state index contributed by atoms with van der Waals surface area (Å²) in [5.41, 5.74) is 19.7. The summed E-state index contributed by atoms with van der Waals surface area (Å²) in [6.45, 7) is 2.17. The highest BCUT2D eigenvalue weighted by Gasteiger charge is 2.53. The van der Waals surface area contributed by atoms with Crippen LogP contribution in [0, 0.1) is 6.92 Å². The lowest BCUT2D eigenvalue weighted by Crippen LogP contribution is -2.62. The predicted octanol–water partition coefficient (Wildman–Crippen LogP) is 12.2. The molecule has 0 atom stereocenters. The van der Waals surface area contributed by atoms with Gasteiger partial charge in [-0.2, -0.15) is 0 Å². The van der Waals surface area contributed by atoms with Crippen LogP contribution in [0.4, 0.5) is 28.4 Å². The minimum atomic E-state index is -0.549. The van der Waals surface area contributed by atoms with Gasteiger partial charge in [0.05, 0.1) is 11.1 Å². The van der Waals surface area contributed by atoms with E-state index in [-0.39, 0.29) is 6.85 Å². The molecule has 3 aliphatic heterocycles. The van der Waals surface area contributed by atoms with Crippen molar-refractivity contribution in [2.45, 2.75) is 12.3 Å². The van der Waals surface area contributed by atoms with E-state index in [9.17, 15) is 0 Å². The van der Waals surface area contributed by atoms with Crippen LogP contribution in [-0.2, 0) is 5.41 Å². The van der Waals surface area contributed by atoms with Gasteiger partial charge in [-0.3, -0.25) is 0 Å². The van der Waals surface area contributed by atoms with E-state index in [0.717, 1.165) is 0 Å². The van der Waals surface area contributed by atoms with E-state index in [1.54, 1.807) is 0 Å². The summed E-state index contributed by atoms with van der Waals surface area (Å²) in [4.78, 5) is 5.27. The fraction of sp³-hybridized carbons (Fsp3) is 0.0370. The van der Waals surface area contributed by atoms with Gasteiger partial charge in [0.15, 0.2) is 0 Å². The largest absolute Gasteiger partial charge is 0.376 e. The number of fused-ring (bicyclic) bond motifs is 8. The van der Waals surface area contributed by atoms with E-state index in [2.05, 4.69) is 223 Å². The van der Waals surface area contributed by atoms with Gasteiger partial charge in [0.2, 0.25) is 0 Å². The van der Waals surface area contributed by atoms with E-state index < -0.39 is 5.41 Å². The third-order valence-electron chi connectivity index (χ3n) is 12.7. The maximum absolute atomic E-state index is 2.66. The molecule has 2 nitrogen and oxygen atoms in total. The molecule has 0 aromatic heterocycles. The summed E-state index contributed by atoms with van der Waals surface area (Å²) in [6, 6.07) is 77.0. The van der Waals surface area contributed by atoms with E-state index in [1.807, 2.05) is 0 Å². The van der Waals surface area contributed by atoms with Crippen molar-refractivity contribution in [2.75, 3.05) is 9.71 Å². The highest BCUT2D eigenvalue weighted by atomic mass is 15.2. The number of anilines is 5. The van der Waals surface area contributed by atoms with Gasteiger partial charge >= 0.3 is 6.85 Å². The maximum Gasteiger partial charge on any atom is 0.333 e. The molecule has 3 heteroatoms. The maximum atomic E-state index is 2.66. The van der Waals surface area contributed by atoms with Crippen molar-refractivity contribution in [1.82, 2.24) is 0 Å². The average molecular weight is 725 g/mol. The number of aryl methyl sites for hydroxylation is 1. The summed E-state index contributed by atoms with van der Waals surface area (Å²) in [5, 5.41) is 2.50. The Kier molecular flexibility index (Phi) is 6.89. The second kappa shape index (κ2) is 12.2. The van der Waals surface area contributed by atoms with Crippen LogP contribution >= 0.6 is 0 Å². The van der Waals surface area contributed by atoms with Gasteiger partial charge in [-0.25, -0.2) is 0 Å². The van der Waals surface area contributed by atoms with E-state index in [0.29, 0.717) is 0 Å². The molecule has 57 heavy (non-hydrogen) atoms. The van der Waals surface area contributed by atoms with Crippen LogP contribution in [0.1, 0.15) is 27.8 Å². The summed E-state index contributed by atoms with van der Waals surface area (Å²) >= 11 is 0. The molecule has 0 amide bonds. The van der Waals surface area contributed by atoms with Crippen LogP contribution in [-0.4, -0.2) is 6.85 Å². The minimum absolute atomic E-state index is 0.0859. The quantitative estimate of drug-likeness (QED) is 0.167. The molecule has 9 aromatic carbocycles. The van der Waals surface area contributed by atoms with Crippen LogP contribution in [0.5, 0.6) is 0 Å². The SMILES string of the molecule is Cc1cc2c3c(c1)N1c4ccccc4C(c4ccccc4)(c4ccccc4)c4cccc(c41)B3N(c1ccc(-c3ccccc3)cc1)c1c-2ccc2ccccc12. The lowest BCUT2D eigenvalue weighted by molar-refractivity contribution is 0.732. The zero-order chi connectivity index (χ0) is 37.7. The molecule has 266 valence electrons. The topological polar surface area (TPSA) is 6.48 Å². The fourth-order valence-electron chi connectivity index (χ4n) is 10.5. The Bertz CT molecular complexity index is 2990. The molecule has 0 unspecified atom stereocenters. The van der Waals surface area contributed by atoms with Gasteiger partial charge in [-0.05, 0) is 92.0 Å². The standard InChI is InChI=1S/C54H37BN2/c1-36-34-45-44-33-30-39-18-11-12-23-43(39)52(44)57(42-31-28-38(29-32-42)37-16-5-2-6-17-37)55-48-26-15-25-47-53(48)56(50(35-36)51(45)55)49-27-14-13-24-46(49)54(47,40-19-7-3-8-20-40)41-21-9-4-10-22-41/h2-35H,1H3. The molecule has 0 saturated carbocycles. The molecule has 0 N–H and O–H groups in total. The van der Waals surface area contributed by atoms with Crippen LogP contribution in [0.15, 0.2) is 206 Å². The predicted molar refractivity (Wildman–Crippen MR) is 240 cm³/mol. The van der Waals surface area contributed by atoms with Gasteiger partial charge < -0.3 is 9.71 Å². The van der Waals surface area contributed by atoms with Crippen molar-refractivity contribution in [2.24, 2.45) is 0 Å². The Balaban J connectivity index is 1.22. The molecule has 0 radical (unpaired) electrons. The molecule has 0 aliphatic carbocycles. The van der Waals surface area contributed by atoms with Gasteiger partial charge in [0.25, 0.3) is 0 Å². The number of benzene rings is 9. The monoisotopic (exact) mass is 724 g/mol. The normalized spacial score (nSPS) is 14.1. The van der Waals surface area contributed by atoms with Crippen LogP contribution < -0.4 is 20.6 Å². The second-order valence-corrected chi connectivity index (χ2v) is 15.7. The highest BCUT2D eigenvalue weighted by Crippen LogP contribution is 2.59. The van der Waals surface area contributed by atoms with Crippen LogP contribution in [0.3, 0.4) is 0 Å². The number of para-hydroxylation sites is 2. The summed E-state index contributed by atoms with van der Waals surface area (Å²) in [6.07, 6.45) is 0.